The van der Waals surface area contributed by atoms with Crippen molar-refractivity contribution in [3.63, 3.8) is 0 Å². The number of pyridine rings is 1. The first-order chi connectivity index (χ1) is 12.8. The molecule has 1 aliphatic heterocycles. The van der Waals surface area contributed by atoms with E-state index in [9.17, 15) is 0 Å². The topological polar surface area (TPSA) is 67.0 Å². The zero-order valence-corrected chi connectivity index (χ0v) is 15.9. The van der Waals surface area contributed by atoms with Crippen LogP contribution < -0.4 is 5.32 Å². The lowest BCUT2D eigenvalue weighted by Gasteiger charge is -2.26. The van der Waals surface area contributed by atoms with Gasteiger partial charge < -0.3 is 15.0 Å². The van der Waals surface area contributed by atoms with E-state index >= 15 is 0 Å². The Labute approximate surface area is 155 Å². The summed E-state index contributed by atoms with van der Waals surface area (Å²) in [6.45, 7) is 6.51. The van der Waals surface area contributed by atoms with E-state index < -0.39 is 0 Å². The molecule has 0 bridgehead atoms. The number of rotatable bonds is 7. The molecule has 7 nitrogen and oxygen atoms in total. The van der Waals surface area contributed by atoms with Gasteiger partial charge in [-0.3, -0.25) is 9.39 Å². The van der Waals surface area contributed by atoms with Crippen molar-refractivity contribution >= 4 is 11.6 Å². The van der Waals surface area contributed by atoms with Crippen molar-refractivity contribution in [2.24, 2.45) is 10.9 Å². The lowest BCUT2D eigenvalue weighted by Crippen LogP contribution is -2.40. The normalized spacial score (nSPS) is 16.2. The first-order valence-electron chi connectivity index (χ1n) is 9.63. The van der Waals surface area contributed by atoms with Gasteiger partial charge >= 0.3 is 0 Å². The number of aliphatic imine (C=N–C) groups is 1. The molecule has 0 spiro atoms. The van der Waals surface area contributed by atoms with E-state index in [0.717, 1.165) is 56.1 Å². The standard InChI is InChI=1S/C19H30N6O/c1-3-20-19(24(2)13-8-16-9-14-26-15-10-16)21-11-7-18-23-22-17-6-4-5-12-25(17)18/h4-6,12,16H,3,7-11,13-15H2,1-2H3,(H,20,21). The molecule has 0 radical (unpaired) electrons. The molecule has 0 amide bonds. The van der Waals surface area contributed by atoms with E-state index in [2.05, 4.69) is 34.4 Å². The molecule has 2 aromatic rings. The smallest absolute Gasteiger partial charge is 0.193 e. The lowest BCUT2D eigenvalue weighted by molar-refractivity contribution is 0.0625. The maximum atomic E-state index is 5.45. The Morgan fingerprint density at radius 3 is 3.00 bits per heavy atom. The number of nitrogens with one attached hydrogen (secondary N) is 1. The lowest BCUT2D eigenvalue weighted by atomic mass is 9.96. The van der Waals surface area contributed by atoms with Crippen LogP contribution in [0.25, 0.3) is 5.65 Å². The largest absolute Gasteiger partial charge is 0.381 e. The minimum absolute atomic E-state index is 0.694. The van der Waals surface area contributed by atoms with Crippen LogP contribution in [0.3, 0.4) is 0 Å². The molecule has 0 unspecified atom stereocenters. The second-order valence-corrected chi connectivity index (χ2v) is 6.80. The molecular formula is C19H30N6O. The number of fused-ring (bicyclic) bond motifs is 1. The number of aromatic nitrogens is 3. The first kappa shape index (κ1) is 18.6. The highest BCUT2D eigenvalue weighted by atomic mass is 16.5. The number of hydrogen-bond acceptors (Lipinski definition) is 4. The van der Waals surface area contributed by atoms with Crippen LogP contribution in [0.5, 0.6) is 0 Å². The molecule has 0 aromatic carbocycles. The highest BCUT2D eigenvalue weighted by Gasteiger charge is 2.15. The van der Waals surface area contributed by atoms with Crippen molar-refractivity contribution in [3.8, 4) is 0 Å². The molecule has 3 heterocycles. The molecule has 0 saturated carbocycles. The summed E-state index contributed by atoms with van der Waals surface area (Å²) in [6.07, 6.45) is 6.33. The number of hydrogen-bond donors (Lipinski definition) is 1. The maximum absolute atomic E-state index is 5.45. The third-order valence-electron chi connectivity index (χ3n) is 4.89. The minimum atomic E-state index is 0.694. The van der Waals surface area contributed by atoms with Crippen LogP contribution in [0, 0.1) is 5.92 Å². The number of nitrogens with zero attached hydrogens (tertiary/aromatic N) is 5. The molecule has 1 aliphatic rings. The highest BCUT2D eigenvalue weighted by Crippen LogP contribution is 2.18. The quantitative estimate of drug-likeness (QED) is 0.606. The molecule has 0 aliphatic carbocycles. The second-order valence-electron chi connectivity index (χ2n) is 6.80. The van der Waals surface area contributed by atoms with Crippen molar-refractivity contribution in [3.05, 3.63) is 30.2 Å². The van der Waals surface area contributed by atoms with Crippen molar-refractivity contribution in [2.75, 3.05) is 39.9 Å². The molecule has 3 rings (SSSR count). The van der Waals surface area contributed by atoms with Crippen LogP contribution in [0.4, 0.5) is 0 Å². The van der Waals surface area contributed by atoms with E-state index in [0.29, 0.717) is 6.54 Å². The van der Waals surface area contributed by atoms with Gasteiger partial charge in [-0.25, -0.2) is 0 Å². The average molecular weight is 358 g/mol. The van der Waals surface area contributed by atoms with Crippen LogP contribution in [0.15, 0.2) is 29.4 Å². The van der Waals surface area contributed by atoms with Gasteiger partial charge in [0.1, 0.15) is 5.82 Å². The zero-order valence-electron chi connectivity index (χ0n) is 15.9. The zero-order chi connectivity index (χ0) is 18.2. The molecule has 1 saturated heterocycles. The summed E-state index contributed by atoms with van der Waals surface area (Å²) in [7, 11) is 2.12. The molecule has 7 heteroatoms. The van der Waals surface area contributed by atoms with Gasteiger partial charge in [0.15, 0.2) is 11.6 Å². The highest BCUT2D eigenvalue weighted by molar-refractivity contribution is 5.79. The van der Waals surface area contributed by atoms with Crippen LogP contribution in [-0.2, 0) is 11.2 Å². The van der Waals surface area contributed by atoms with Gasteiger partial charge in [0.25, 0.3) is 0 Å². The number of guanidine groups is 1. The van der Waals surface area contributed by atoms with E-state index in [-0.39, 0.29) is 0 Å². The van der Waals surface area contributed by atoms with Gasteiger partial charge in [0.2, 0.25) is 0 Å². The van der Waals surface area contributed by atoms with Crippen LogP contribution in [0.1, 0.15) is 32.0 Å². The molecular weight excluding hydrogens is 328 g/mol. The third-order valence-corrected chi connectivity index (χ3v) is 4.89. The molecule has 26 heavy (non-hydrogen) atoms. The SMILES string of the molecule is CCNC(=NCCc1nnc2ccccn12)N(C)CCC1CCOCC1. The number of ether oxygens (including phenoxy) is 1. The van der Waals surface area contributed by atoms with Crippen LogP contribution in [0.2, 0.25) is 0 Å². The van der Waals surface area contributed by atoms with Crippen molar-refractivity contribution in [2.45, 2.75) is 32.6 Å². The Kier molecular flexibility index (Phi) is 6.82. The fourth-order valence-electron chi connectivity index (χ4n) is 3.31. The summed E-state index contributed by atoms with van der Waals surface area (Å²) >= 11 is 0. The van der Waals surface area contributed by atoms with Gasteiger partial charge in [-0.1, -0.05) is 6.07 Å². The summed E-state index contributed by atoms with van der Waals surface area (Å²) in [6, 6.07) is 5.94. The Morgan fingerprint density at radius 1 is 1.35 bits per heavy atom. The summed E-state index contributed by atoms with van der Waals surface area (Å²) in [5.41, 5.74) is 0.881. The third kappa shape index (κ3) is 4.94. The van der Waals surface area contributed by atoms with Gasteiger partial charge in [-0.05, 0) is 44.2 Å². The van der Waals surface area contributed by atoms with Crippen molar-refractivity contribution < 1.29 is 4.74 Å². The second kappa shape index (κ2) is 9.52. The van der Waals surface area contributed by atoms with Crippen LogP contribution >= 0.6 is 0 Å². The first-order valence-corrected chi connectivity index (χ1v) is 9.63. The molecule has 142 valence electrons. The van der Waals surface area contributed by atoms with Gasteiger partial charge in [-0.15, -0.1) is 10.2 Å². The monoisotopic (exact) mass is 358 g/mol. The maximum Gasteiger partial charge on any atom is 0.193 e. The Balaban J connectivity index is 1.54. The Hall–Kier alpha value is -2.15. The van der Waals surface area contributed by atoms with E-state index in [1.807, 2.05) is 28.8 Å². The fourth-order valence-corrected chi connectivity index (χ4v) is 3.31. The van der Waals surface area contributed by atoms with E-state index in [1.165, 1.54) is 19.3 Å². The predicted molar refractivity (Wildman–Crippen MR) is 103 cm³/mol. The van der Waals surface area contributed by atoms with Gasteiger partial charge in [-0.2, -0.15) is 0 Å². The van der Waals surface area contributed by atoms with E-state index in [4.69, 9.17) is 9.73 Å². The summed E-state index contributed by atoms with van der Waals surface area (Å²) in [5, 5.41) is 11.9. The molecule has 0 atom stereocenters. The minimum Gasteiger partial charge on any atom is -0.381 e. The molecule has 1 N–H and O–H groups in total. The Morgan fingerprint density at radius 2 is 2.19 bits per heavy atom. The van der Waals surface area contributed by atoms with Gasteiger partial charge in [0, 0.05) is 52.5 Å². The summed E-state index contributed by atoms with van der Waals surface area (Å²) in [4.78, 5) is 7.02. The Bertz CT molecular complexity index is 707. The van der Waals surface area contributed by atoms with Crippen molar-refractivity contribution in [1.29, 1.82) is 0 Å². The predicted octanol–water partition coefficient (Wildman–Crippen LogP) is 1.99. The van der Waals surface area contributed by atoms with Crippen LogP contribution in [-0.4, -0.2) is 65.4 Å². The average Bonchev–Trinajstić information content (AvgIpc) is 3.09. The van der Waals surface area contributed by atoms with Crippen molar-refractivity contribution in [1.82, 2.24) is 24.8 Å². The van der Waals surface area contributed by atoms with Gasteiger partial charge in [0.05, 0.1) is 0 Å². The van der Waals surface area contributed by atoms with E-state index in [1.54, 1.807) is 0 Å². The molecule has 2 aromatic heterocycles. The summed E-state index contributed by atoms with van der Waals surface area (Å²) in [5.74, 6) is 2.69. The molecule has 1 fully saturated rings. The fraction of sp³-hybridized carbons (Fsp3) is 0.632. The summed E-state index contributed by atoms with van der Waals surface area (Å²) < 4.78 is 7.47.